The Morgan fingerprint density at radius 3 is 2.37 bits per heavy atom. The van der Waals surface area contributed by atoms with Crippen LogP contribution in [0.2, 0.25) is 0 Å². The highest BCUT2D eigenvalue weighted by Gasteiger charge is 2.14. The second-order valence-electron chi connectivity index (χ2n) is 4.31. The summed E-state index contributed by atoms with van der Waals surface area (Å²) >= 11 is 0. The van der Waals surface area contributed by atoms with Crippen molar-refractivity contribution in [1.29, 1.82) is 0 Å². The van der Waals surface area contributed by atoms with Gasteiger partial charge in [0.15, 0.2) is 5.69 Å². The van der Waals surface area contributed by atoms with E-state index >= 15 is 0 Å². The van der Waals surface area contributed by atoms with Crippen LogP contribution in [0.1, 0.15) is 31.3 Å². The monoisotopic (exact) mass is 266 g/mol. The molecule has 0 radical (unpaired) electrons. The van der Waals surface area contributed by atoms with E-state index in [1.54, 1.807) is 6.92 Å². The van der Waals surface area contributed by atoms with Crippen molar-refractivity contribution in [3.05, 3.63) is 18.1 Å². The number of nitrogens with one attached hydrogen (secondary N) is 2. The molecule has 7 nitrogen and oxygen atoms in total. The predicted molar refractivity (Wildman–Crippen MR) is 69.7 cm³/mol. The van der Waals surface area contributed by atoms with E-state index in [1.807, 2.05) is 13.8 Å². The summed E-state index contributed by atoms with van der Waals surface area (Å²) in [5.74, 6) is -0.266. The number of anilines is 1. The summed E-state index contributed by atoms with van der Waals surface area (Å²) in [5.41, 5.74) is 0.118. The Kier molecular flexibility index (Phi) is 5.23. The predicted octanol–water partition coefficient (Wildman–Crippen LogP) is 0.588. The highest BCUT2D eigenvalue weighted by atomic mass is 16.5. The summed E-state index contributed by atoms with van der Waals surface area (Å²) in [5, 5.41) is 5.67. The highest BCUT2D eigenvalue weighted by molar-refractivity contribution is 5.87. The van der Waals surface area contributed by atoms with Gasteiger partial charge in [0.2, 0.25) is 5.91 Å². The summed E-state index contributed by atoms with van der Waals surface area (Å²) in [4.78, 5) is 30.7. The lowest BCUT2D eigenvalue weighted by molar-refractivity contribution is -0.122. The molecule has 7 heteroatoms. The Hall–Kier alpha value is -2.18. The third kappa shape index (κ3) is 4.53. The fraction of sp³-hybridized carbons (Fsp3) is 0.500. The lowest BCUT2D eigenvalue weighted by Gasteiger charge is -2.16. The normalized spacial score (nSPS) is 11.8. The third-order valence-corrected chi connectivity index (χ3v) is 2.23. The first kappa shape index (κ1) is 14.9. The lowest BCUT2D eigenvalue weighted by Crippen LogP contribution is -2.41. The van der Waals surface area contributed by atoms with E-state index in [0.29, 0.717) is 5.82 Å². The van der Waals surface area contributed by atoms with Gasteiger partial charge in [0.25, 0.3) is 0 Å². The molecule has 2 N–H and O–H groups in total. The molecule has 1 unspecified atom stereocenters. The van der Waals surface area contributed by atoms with Crippen molar-refractivity contribution in [2.45, 2.75) is 32.9 Å². The van der Waals surface area contributed by atoms with E-state index in [-0.39, 0.29) is 17.6 Å². The quantitative estimate of drug-likeness (QED) is 0.758. The Morgan fingerprint density at radius 1 is 1.21 bits per heavy atom. The average molecular weight is 266 g/mol. The number of esters is 1. The van der Waals surface area contributed by atoms with Gasteiger partial charge >= 0.3 is 5.97 Å². The Bertz CT molecular complexity index is 445. The van der Waals surface area contributed by atoms with Crippen molar-refractivity contribution < 1.29 is 14.3 Å². The maximum Gasteiger partial charge on any atom is 0.358 e. The SMILES string of the molecule is COC(=O)c1cnc(NC(C)C(=O)NC(C)C)cn1. The zero-order valence-electron chi connectivity index (χ0n) is 11.4. The van der Waals surface area contributed by atoms with Crippen LogP contribution in [0.5, 0.6) is 0 Å². The fourth-order valence-electron chi connectivity index (χ4n) is 1.31. The molecule has 1 heterocycles. The van der Waals surface area contributed by atoms with Crippen LogP contribution in [-0.4, -0.2) is 41.0 Å². The van der Waals surface area contributed by atoms with Gasteiger partial charge in [-0.3, -0.25) is 4.79 Å². The van der Waals surface area contributed by atoms with Gasteiger partial charge in [0.1, 0.15) is 11.9 Å². The largest absolute Gasteiger partial charge is 0.464 e. The second kappa shape index (κ2) is 6.67. The van der Waals surface area contributed by atoms with Gasteiger partial charge in [0, 0.05) is 6.04 Å². The molecule has 0 aliphatic heterocycles. The zero-order chi connectivity index (χ0) is 14.4. The Balaban J connectivity index is 2.62. The lowest BCUT2D eigenvalue weighted by atomic mass is 10.3. The van der Waals surface area contributed by atoms with Crippen LogP contribution in [0.4, 0.5) is 5.82 Å². The van der Waals surface area contributed by atoms with Crippen LogP contribution in [0.3, 0.4) is 0 Å². The number of hydrogen-bond donors (Lipinski definition) is 2. The molecule has 104 valence electrons. The minimum Gasteiger partial charge on any atom is -0.464 e. The van der Waals surface area contributed by atoms with Gasteiger partial charge in [-0.1, -0.05) is 0 Å². The molecular weight excluding hydrogens is 248 g/mol. The Morgan fingerprint density at radius 2 is 1.89 bits per heavy atom. The maximum absolute atomic E-state index is 11.7. The standard InChI is InChI=1S/C12H18N4O3/c1-7(2)15-11(17)8(3)16-10-6-13-9(5-14-10)12(18)19-4/h5-8H,1-4H3,(H,14,16)(H,15,17). The van der Waals surface area contributed by atoms with E-state index in [4.69, 9.17) is 0 Å². The molecule has 0 aliphatic rings. The fourth-order valence-corrected chi connectivity index (χ4v) is 1.31. The molecule has 1 amide bonds. The summed E-state index contributed by atoms with van der Waals surface area (Å²) in [6.07, 6.45) is 2.67. The summed E-state index contributed by atoms with van der Waals surface area (Å²) in [7, 11) is 1.27. The first-order valence-electron chi connectivity index (χ1n) is 5.91. The van der Waals surface area contributed by atoms with E-state index in [0.717, 1.165) is 0 Å². The van der Waals surface area contributed by atoms with Crippen LogP contribution in [0.15, 0.2) is 12.4 Å². The second-order valence-corrected chi connectivity index (χ2v) is 4.31. The summed E-state index contributed by atoms with van der Waals surface area (Å²) < 4.78 is 4.51. The van der Waals surface area contributed by atoms with Crippen LogP contribution in [0, 0.1) is 0 Å². The minimum atomic E-state index is -0.551. The number of rotatable bonds is 5. The van der Waals surface area contributed by atoms with Gasteiger partial charge in [0.05, 0.1) is 19.5 Å². The van der Waals surface area contributed by atoms with E-state index in [1.165, 1.54) is 19.5 Å². The topological polar surface area (TPSA) is 93.2 Å². The first-order chi connectivity index (χ1) is 8.93. The van der Waals surface area contributed by atoms with Gasteiger partial charge in [-0.15, -0.1) is 0 Å². The molecule has 0 saturated carbocycles. The van der Waals surface area contributed by atoms with Gasteiger partial charge in [-0.2, -0.15) is 0 Å². The number of carbonyl (C=O) groups is 2. The number of nitrogens with zero attached hydrogens (tertiary/aromatic N) is 2. The van der Waals surface area contributed by atoms with Crippen molar-refractivity contribution in [3.63, 3.8) is 0 Å². The van der Waals surface area contributed by atoms with E-state index in [2.05, 4.69) is 25.3 Å². The molecule has 0 bridgehead atoms. The first-order valence-corrected chi connectivity index (χ1v) is 5.91. The molecule has 1 aromatic heterocycles. The molecule has 19 heavy (non-hydrogen) atoms. The van der Waals surface area contributed by atoms with Crippen LogP contribution < -0.4 is 10.6 Å². The van der Waals surface area contributed by atoms with Crippen molar-refractivity contribution in [2.24, 2.45) is 0 Å². The number of methoxy groups -OCH3 is 1. The number of aromatic nitrogens is 2. The summed E-state index contributed by atoms with van der Waals surface area (Å²) in [6.45, 7) is 5.48. The van der Waals surface area contributed by atoms with Crippen LogP contribution in [0.25, 0.3) is 0 Å². The Labute approximate surface area is 111 Å². The summed E-state index contributed by atoms with van der Waals surface area (Å²) in [6, 6.07) is -0.370. The number of carbonyl (C=O) groups excluding carboxylic acids is 2. The van der Waals surface area contributed by atoms with Crippen molar-refractivity contribution in [1.82, 2.24) is 15.3 Å². The third-order valence-electron chi connectivity index (χ3n) is 2.23. The maximum atomic E-state index is 11.7. The minimum absolute atomic E-state index is 0.0736. The van der Waals surface area contributed by atoms with Crippen LogP contribution >= 0.6 is 0 Å². The van der Waals surface area contributed by atoms with Gasteiger partial charge in [-0.25, -0.2) is 14.8 Å². The highest BCUT2D eigenvalue weighted by Crippen LogP contribution is 2.04. The van der Waals surface area contributed by atoms with E-state index < -0.39 is 12.0 Å². The smallest absolute Gasteiger partial charge is 0.358 e. The van der Waals surface area contributed by atoms with Gasteiger partial charge < -0.3 is 15.4 Å². The number of hydrogen-bond acceptors (Lipinski definition) is 6. The van der Waals surface area contributed by atoms with Gasteiger partial charge in [-0.05, 0) is 20.8 Å². The van der Waals surface area contributed by atoms with Crippen LogP contribution in [-0.2, 0) is 9.53 Å². The molecule has 0 aromatic carbocycles. The molecule has 0 fully saturated rings. The van der Waals surface area contributed by atoms with Crippen molar-refractivity contribution in [2.75, 3.05) is 12.4 Å². The zero-order valence-corrected chi connectivity index (χ0v) is 11.4. The molecule has 0 aliphatic carbocycles. The van der Waals surface area contributed by atoms with Crippen molar-refractivity contribution in [3.8, 4) is 0 Å². The molecule has 0 saturated heterocycles. The number of amides is 1. The number of ether oxygens (including phenoxy) is 1. The average Bonchev–Trinajstić information content (AvgIpc) is 2.37. The van der Waals surface area contributed by atoms with E-state index in [9.17, 15) is 9.59 Å². The molecule has 0 spiro atoms. The molecule has 1 rings (SSSR count). The van der Waals surface area contributed by atoms with Crippen molar-refractivity contribution >= 4 is 17.7 Å². The molecular formula is C12H18N4O3. The molecule has 1 aromatic rings. The molecule has 1 atom stereocenters.